The Hall–Kier alpha value is -3.02. The van der Waals surface area contributed by atoms with Gasteiger partial charge in [0, 0.05) is 30.0 Å². The third-order valence-corrected chi connectivity index (χ3v) is 5.13. The fourth-order valence-corrected chi connectivity index (χ4v) is 3.57. The van der Waals surface area contributed by atoms with Crippen LogP contribution in [0, 0.1) is 0 Å². The second-order valence-electron chi connectivity index (χ2n) is 6.68. The Morgan fingerprint density at radius 2 is 1.65 bits per heavy atom. The van der Waals surface area contributed by atoms with Crippen LogP contribution in [-0.2, 0) is 4.79 Å². The molecule has 1 aliphatic heterocycles. The molecule has 2 aliphatic rings. The molecule has 4 rings (SSSR count). The molecule has 2 amide bonds. The van der Waals surface area contributed by atoms with Gasteiger partial charge < -0.3 is 4.74 Å². The highest BCUT2D eigenvalue weighted by Crippen LogP contribution is 2.37. The van der Waals surface area contributed by atoms with Gasteiger partial charge in [-0.15, -0.1) is 0 Å². The van der Waals surface area contributed by atoms with Crippen molar-refractivity contribution in [3.63, 3.8) is 0 Å². The van der Waals surface area contributed by atoms with Crippen LogP contribution in [0.5, 0.6) is 5.88 Å². The van der Waals surface area contributed by atoms with Crippen molar-refractivity contribution >= 4 is 17.6 Å². The third-order valence-electron chi connectivity index (χ3n) is 5.13. The number of amides is 2. The van der Waals surface area contributed by atoms with Crippen LogP contribution >= 0.6 is 0 Å². The maximum atomic E-state index is 12.7. The zero-order chi connectivity index (χ0) is 18.4. The summed E-state index contributed by atoms with van der Waals surface area (Å²) in [5.74, 6) is 0.118. The summed E-state index contributed by atoms with van der Waals surface area (Å²) < 4.78 is 5.41. The van der Waals surface area contributed by atoms with Crippen LogP contribution in [0.4, 0.5) is 0 Å². The Morgan fingerprint density at radius 3 is 2.19 bits per heavy atom. The Bertz CT molecular complexity index is 894. The molecule has 0 spiro atoms. The first kappa shape index (κ1) is 16.4. The van der Waals surface area contributed by atoms with Crippen LogP contribution < -0.4 is 4.74 Å². The molecule has 0 N–H and O–H groups in total. The van der Waals surface area contributed by atoms with Crippen LogP contribution in [0.15, 0.2) is 36.4 Å². The van der Waals surface area contributed by atoms with Gasteiger partial charge in [-0.2, -0.15) is 0 Å². The Balaban J connectivity index is 1.66. The normalized spacial score (nSPS) is 17.9. The molecule has 1 aliphatic carbocycles. The quantitative estimate of drug-likeness (QED) is 0.793. The molecule has 6 heteroatoms. The molecule has 1 saturated carbocycles. The topological polar surface area (TPSA) is 76.6 Å². The number of ether oxygens (including phenoxy) is 1. The smallest absolute Gasteiger partial charge is 0.262 e. The number of rotatable bonds is 4. The van der Waals surface area contributed by atoms with E-state index in [1.54, 1.807) is 31.2 Å². The second kappa shape index (κ2) is 6.05. The maximum Gasteiger partial charge on any atom is 0.262 e. The number of nitrogens with zero attached hydrogens (tertiary/aromatic N) is 2. The molecule has 0 unspecified atom stereocenters. The number of Topliss-reactive ketones (excluding diaryl/α,β-unsaturated/α-hetero) is 1. The van der Waals surface area contributed by atoms with Crippen LogP contribution in [0.1, 0.15) is 63.7 Å². The highest BCUT2D eigenvalue weighted by Gasteiger charge is 2.40. The monoisotopic (exact) mass is 350 g/mol. The molecule has 0 radical (unpaired) electrons. The van der Waals surface area contributed by atoms with Gasteiger partial charge in [-0.25, -0.2) is 4.98 Å². The Morgan fingerprint density at radius 1 is 1.04 bits per heavy atom. The van der Waals surface area contributed by atoms with Gasteiger partial charge in [0.15, 0.2) is 0 Å². The van der Waals surface area contributed by atoms with Crippen molar-refractivity contribution < 1.29 is 19.1 Å². The molecule has 132 valence electrons. The molecule has 1 aromatic heterocycles. The third kappa shape index (κ3) is 2.41. The summed E-state index contributed by atoms with van der Waals surface area (Å²) in [7, 11) is 1.51. The average molecular weight is 350 g/mol. The van der Waals surface area contributed by atoms with Crippen LogP contribution in [-0.4, -0.2) is 34.6 Å². The summed E-state index contributed by atoms with van der Waals surface area (Å²) in [6, 6.07) is 9.98. The molecule has 1 aromatic carbocycles. The lowest BCUT2D eigenvalue weighted by Crippen LogP contribution is -2.33. The van der Waals surface area contributed by atoms with Crippen molar-refractivity contribution in [2.75, 3.05) is 7.11 Å². The zero-order valence-electron chi connectivity index (χ0n) is 14.6. The number of methoxy groups -OCH3 is 1. The number of hydrogen-bond acceptors (Lipinski definition) is 5. The standard InChI is InChI=1S/C20H18N2O4/c1-11(22-19(24)15-5-3-4-6-16(15)20(22)25)14-7-8-17(21-18(14)26-2)12-9-13(23)10-12/h3-8,11-12H,9-10H2,1-2H3/t11-/m0/s1. The predicted octanol–water partition coefficient (Wildman–Crippen LogP) is 2.89. The minimum Gasteiger partial charge on any atom is -0.481 e. The lowest BCUT2D eigenvalue weighted by atomic mass is 9.81. The van der Waals surface area contributed by atoms with Gasteiger partial charge in [0.25, 0.3) is 11.8 Å². The van der Waals surface area contributed by atoms with Gasteiger partial charge >= 0.3 is 0 Å². The number of aromatic nitrogens is 1. The first-order valence-electron chi connectivity index (χ1n) is 8.54. The van der Waals surface area contributed by atoms with Crippen molar-refractivity contribution in [3.8, 4) is 5.88 Å². The van der Waals surface area contributed by atoms with E-state index in [0.717, 1.165) is 5.69 Å². The molecule has 1 atom stereocenters. The minimum atomic E-state index is -0.512. The van der Waals surface area contributed by atoms with E-state index in [0.29, 0.717) is 35.4 Å². The van der Waals surface area contributed by atoms with Crippen molar-refractivity contribution in [1.82, 2.24) is 9.88 Å². The van der Waals surface area contributed by atoms with Gasteiger partial charge in [-0.3, -0.25) is 19.3 Å². The number of pyridine rings is 1. The van der Waals surface area contributed by atoms with E-state index in [1.807, 2.05) is 12.1 Å². The largest absolute Gasteiger partial charge is 0.481 e. The van der Waals surface area contributed by atoms with Gasteiger partial charge in [-0.1, -0.05) is 12.1 Å². The van der Waals surface area contributed by atoms with Crippen LogP contribution in [0.3, 0.4) is 0 Å². The lowest BCUT2D eigenvalue weighted by molar-refractivity contribution is -0.124. The summed E-state index contributed by atoms with van der Waals surface area (Å²) in [4.78, 5) is 42.4. The minimum absolute atomic E-state index is 0.125. The van der Waals surface area contributed by atoms with Crippen molar-refractivity contribution in [1.29, 1.82) is 0 Å². The number of ketones is 1. The number of fused-ring (bicyclic) bond motifs is 1. The zero-order valence-corrected chi connectivity index (χ0v) is 14.6. The van der Waals surface area contributed by atoms with E-state index >= 15 is 0 Å². The molecule has 0 bridgehead atoms. The van der Waals surface area contributed by atoms with Crippen molar-refractivity contribution in [2.24, 2.45) is 0 Å². The molecule has 0 saturated heterocycles. The lowest BCUT2D eigenvalue weighted by Gasteiger charge is -2.27. The molecule has 6 nitrogen and oxygen atoms in total. The van der Waals surface area contributed by atoms with Gasteiger partial charge in [0.05, 0.1) is 24.3 Å². The van der Waals surface area contributed by atoms with Gasteiger partial charge in [0.1, 0.15) is 5.78 Å². The van der Waals surface area contributed by atoms with E-state index in [-0.39, 0.29) is 23.5 Å². The van der Waals surface area contributed by atoms with Crippen molar-refractivity contribution in [3.05, 3.63) is 58.8 Å². The molecule has 1 fully saturated rings. The average Bonchev–Trinajstić information content (AvgIpc) is 2.89. The maximum absolute atomic E-state index is 12.7. The van der Waals surface area contributed by atoms with E-state index in [2.05, 4.69) is 4.98 Å². The number of carbonyl (C=O) groups excluding carboxylic acids is 3. The molecule has 26 heavy (non-hydrogen) atoms. The Labute approximate surface area is 150 Å². The second-order valence-corrected chi connectivity index (χ2v) is 6.68. The number of benzene rings is 1. The predicted molar refractivity (Wildman–Crippen MR) is 93.1 cm³/mol. The first-order valence-corrected chi connectivity index (χ1v) is 8.54. The SMILES string of the molecule is COc1nc(C2CC(=O)C2)ccc1[C@H](C)N1C(=O)c2ccccc2C1=O. The summed E-state index contributed by atoms with van der Waals surface area (Å²) in [5, 5.41) is 0. The summed E-state index contributed by atoms with van der Waals surface area (Å²) >= 11 is 0. The fourth-order valence-electron chi connectivity index (χ4n) is 3.57. The number of imide groups is 1. The highest BCUT2D eigenvalue weighted by atomic mass is 16.5. The molecular formula is C20H18N2O4. The Kier molecular flexibility index (Phi) is 3.83. The first-order chi connectivity index (χ1) is 12.5. The summed E-state index contributed by atoms with van der Waals surface area (Å²) in [6.07, 6.45) is 1.01. The highest BCUT2D eigenvalue weighted by molar-refractivity contribution is 6.21. The van der Waals surface area contributed by atoms with Crippen LogP contribution in [0.25, 0.3) is 0 Å². The van der Waals surface area contributed by atoms with Gasteiger partial charge in [-0.05, 0) is 31.2 Å². The summed E-state index contributed by atoms with van der Waals surface area (Å²) in [6.45, 7) is 1.79. The van der Waals surface area contributed by atoms with E-state index in [9.17, 15) is 14.4 Å². The fraction of sp³-hybridized carbons (Fsp3) is 0.300. The van der Waals surface area contributed by atoms with Crippen LogP contribution in [0.2, 0.25) is 0 Å². The van der Waals surface area contributed by atoms with E-state index < -0.39 is 6.04 Å². The molecule has 2 heterocycles. The molecule has 2 aromatic rings. The molecular weight excluding hydrogens is 332 g/mol. The number of hydrogen-bond donors (Lipinski definition) is 0. The van der Waals surface area contributed by atoms with E-state index in [1.165, 1.54) is 12.0 Å². The van der Waals surface area contributed by atoms with E-state index in [4.69, 9.17) is 4.74 Å². The van der Waals surface area contributed by atoms with Gasteiger partial charge in [0.2, 0.25) is 5.88 Å². The number of carbonyl (C=O) groups is 3. The van der Waals surface area contributed by atoms with Crippen molar-refractivity contribution in [2.45, 2.75) is 31.7 Å². The summed E-state index contributed by atoms with van der Waals surface area (Å²) in [5.41, 5.74) is 2.30.